The van der Waals surface area contributed by atoms with Crippen molar-refractivity contribution in [2.45, 2.75) is 39.2 Å². The predicted octanol–water partition coefficient (Wildman–Crippen LogP) is 0.0721. The van der Waals surface area contributed by atoms with Crippen LogP contribution in [0.5, 0.6) is 0 Å². The molecule has 12 heavy (non-hydrogen) atoms. The van der Waals surface area contributed by atoms with Crippen LogP contribution in [-0.2, 0) is 0 Å². The average Bonchev–Trinajstić information content (AvgIpc) is 2.03. The first-order valence-corrected chi connectivity index (χ1v) is 5.10. The van der Waals surface area contributed by atoms with Crippen LogP contribution in [0.25, 0.3) is 0 Å². The molecule has 1 aliphatic heterocycles. The Bertz CT molecular complexity index is 131. The summed E-state index contributed by atoms with van der Waals surface area (Å²) in [6.45, 7) is 9.83. The van der Waals surface area contributed by atoms with Crippen LogP contribution >= 0.6 is 0 Å². The number of piperidine rings is 1. The number of nitrogens with one attached hydrogen (secondary N) is 1. The van der Waals surface area contributed by atoms with Crippen LogP contribution in [0.4, 0.5) is 0 Å². The molecular formula is C10H22NO+. The van der Waals surface area contributed by atoms with Gasteiger partial charge < -0.3 is 10.0 Å². The summed E-state index contributed by atoms with van der Waals surface area (Å²) in [5, 5.41) is 9.79. The highest BCUT2D eigenvalue weighted by atomic mass is 16.3. The van der Waals surface area contributed by atoms with Gasteiger partial charge in [-0.3, -0.25) is 0 Å². The Labute approximate surface area is 75.6 Å². The van der Waals surface area contributed by atoms with Gasteiger partial charge in [0, 0.05) is 12.8 Å². The Morgan fingerprint density at radius 3 is 2.17 bits per heavy atom. The van der Waals surface area contributed by atoms with Crippen LogP contribution < -0.4 is 4.90 Å². The van der Waals surface area contributed by atoms with Crippen molar-refractivity contribution in [2.75, 3.05) is 19.6 Å². The summed E-state index contributed by atoms with van der Waals surface area (Å²) in [6, 6.07) is 0. The molecule has 0 unspecified atom stereocenters. The monoisotopic (exact) mass is 172 g/mol. The molecule has 0 spiro atoms. The number of aliphatic hydroxyl groups is 1. The molecule has 1 aliphatic rings. The zero-order chi connectivity index (χ0) is 9.19. The van der Waals surface area contributed by atoms with E-state index in [9.17, 15) is 5.11 Å². The van der Waals surface area contributed by atoms with E-state index in [-0.39, 0.29) is 0 Å². The number of hydrogen-bond donors (Lipinski definition) is 2. The summed E-state index contributed by atoms with van der Waals surface area (Å²) >= 11 is 0. The Balaban J connectivity index is 2.36. The largest absolute Gasteiger partial charge is 0.390 e. The average molecular weight is 172 g/mol. The molecule has 0 aromatic rings. The third kappa shape index (κ3) is 2.46. The second-order valence-electron chi connectivity index (χ2n) is 4.53. The van der Waals surface area contributed by atoms with Gasteiger partial charge in [0.2, 0.25) is 0 Å². The first kappa shape index (κ1) is 10.0. The predicted molar refractivity (Wildman–Crippen MR) is 50.3 cm³/mol. The molecule has 2 N–H and O–H groups in total. The lowest BCUT2D eigenvalue weighted by Gasteiger charge is -2.35. The van der Waals surface area contributed by atoms with Gasteiger partial charge in [-0.2, -0.15) is 0 Å². The van der Waals surface area contributed by atoms with E-state index >= 15 is 0 Å². The number of likely N-dealkylation sites (tertiary alicyclic amines) is 1. The maximum absolute atomic E-state index is 9.79. The fourth-order valence-corrected chi connectivity index (χ4v) is 2.09. The third-order valence-electron chi connectivity index (χ3n) is 3.19. The zero-order valence-corrected chi connectivity index (χ0v) is 8.56. The molecule has 0 bridgehead atoms. The van der Waals surface area contributed by atoms with Gasteiger partial charge >= 0.3 is 0 Å². The van der Waals surface area contributed by atoms with Crippen molar-refractivity contribution in [1.29, 1.82) is 0 Å². The molecule has 1 heterocycles. The number of rotatable bonds is 2. The van der Waals surface area contributed by atoms with Gasteiger partial charge in [0.15, 0.2) is 0 Å². The molecule has 0 atom stereocenters. The molecule has 0 saturated carbocycles. The van der Waals surface area contributed by atoms with E-state index in [0.29, 0.717) is 5.92 Å². The molecule has 1 fully saturated rings. The molecule has 0 amide bonds. The maximum atomic E-state index is 9.79. The smallest absolute Gasteiger partial charge is 0.0774 e. The lowest BCUT2D eigenvalue weighted by molar-refractivity contribution is -0.904. The molecule has 1 rings (SSSR count). The minimum atomic E-state index is -0.459. The SMILES string of the molecule is CC[NH+]1CCC(C(C)(C)O)CC1. The fraction of sp³-hybridized carbons (Fsp3) is 1.00. The summed E-state index contributed by atoms with van der Waals surface area (Å²) in [4.78, 5) is 1.69. The van der Waals surface area contributed by atoms with Crippen LogP contribution in [-0.4, -0.2) is 30.3 Å². The zero-order valence-electron chi connectivity index (χ0n) is 8.56. The second kappa shape index (κ2) is 3.75. The van der Waals surface area contributed by atoms with Crippen molar-refractivity contribution < 1.29 is 10.0 Å². The van der Waals surface area contributed by atoms with E-state index in [1.807, 2.05) is 13.8 Å². The van der Waals surface area contributed by atoms with Crippen LogP contribution in [0.3, 0.4) is 0 Å². The summed E-state index contributed by atoms with van der Waals surface area (Å²) in [5.74, 6) is 0.521. The van der Waals surface area contributed by atoms with Gasteiger partial charge in [0.25, 0.3) is 0 Å². The summed E-state index contributed by atoms with van der Waals surface area (Å²) in [6.07, 6.45) is 2.37. The molecule has 0 aliphatic carbocycles. The first-order valence-electron chi connectivity index (χ1n) is 5.10. The summed E-state index contributed by atoms with van der Waals surface area (Å²) in [5.41, 5.74) is -0.459. The highest BCUT2D eigenvalue weighted by Gasteiger charge is 2.31. The van der Waals surface area contributed by atoms with Gasteiger partial charge in [0.1, 0.15) is 0 Å². The van der Waals surface area contributed by atoms with Crippen molar-refractivity contribution in [3.8, 4) is 0 Å². The standard InChI is InChI=1S/C10H21NO/c1-4-11-7-5-9(6-8-11)10(2,3)12/h9,12H,4-8H2,1-3H3/p+1. The van der Waals surface area contributed by atoms with Gasteiger partial charge in [-0.15, -0.1) is 0 Å². The minimum absolute atomic E-state index is 0.459. The minimum Gasteiger partial charge on any atom is -0.390 e. The maximum Gasteiger partial charge on any atom is 0.0774 e. The second-order valence-corrected chi connectivity index (χ2v) is 4.53. The molecule has 0 radical (unpaired) electrons. The van der Waals surface area contributed by atoms with Crippen LogP contribution in [0.1, 0.15) is 33.6 Å². The molecule has 2 heteroatoms. The van der Waals surface area contributed by atoms with E-state index < -0.39 is 5.60 Å². The van der Waals surface area contributed by atoms with Crippen molar-refractivity contribution in [1.82, 2.24) is 0 Å². The Kier molecular flexibility index (Phi) is 3.13. The highest BCUT2D eigenvalue weighted by molar-refractivity contribution is 4.78. The van der Waals surface area contributed by atoms with Gasteiger partial charge in [0.05, 0.1) is 25.2 Å². The van der Waals surface area contributed by atoms with Crippen molar-refractivity contribution in [3.05, 3.63) is 0 Å². The van der Waals surface area contributed by atoms with E-state index in [1.165, 1.54) is 32.5 Å². The van der Waals surface area contributed by atoms with Gasteiger partial charge in [-0.1, -0.05) is 0 Å². The van der Waals surface area contributed by atoms with Crippen LogP contribution in [0.2, 0.25) is 0 Å². The Morgan fingerprint density at radius 2 is 1.83 bits per heavy atom. The lowest BCUT2D eigenvalue weighted by Crippen LogP contribution is -3.12. The molecular weight excluding hydrogens is 150 g/mol. The van der Waals surface area contributed by atoms with E-state index in [1.54, 1.807) is 4.90 Å². The highest BCUT2D eigenvalue weighted by Crippen LogP contribution is 2.23. The molecule has 0 aromatic carbocycles. The van der Waals surface area contributed by atoms with E-state index in [4.69, 9.17) is 0 Å². The third-order valence-corrected chi connectivity index (χ3v) is 3.19. The lowest BCUT2D eigenvalue weighted by atomic mass is 9.83. The van der Waals surface area contributed by atoms with Crippen molar-refractivity contribution in [3.63, 3.8) is 0 Å². The van der Waals surface area contributed by atoms with Crippen molar-refractivity contribution in [2.24, 2.45) is 5.92 Å². The van der Waals surface area contributed by atoms with E-state index in [0.717, 1.165) is 0 Å². The molecule has 2 nitrogen and oxygen atoms in total. The molecule has 1 saturated heterocycles. The first-order chi connectivity index (χ1) is 5.54. The van der Waals surface area contributed by atoms with Crippen LogP contribution in [0.15, 0.2) is 0 Å². The summed E-state index contributed by atoms with van der Waals surface area (Å²) < 4.78 is 0. The van der Waals surface area contributed by atoms with E-state index in [2.05, 4.69) is 6.92 Å². The number of quaternary nitrogens is 1. The summed E-state index contributed by atoms with van der Waals surface area (Å²) in [7, 11) is 0. The molecule has 0 aromatic heterocycles. The number of hydrogen-bond acceptors (Lipinski definition) is 1. The van der Waals surface area contributed by atoms with Crippen LogP contribution in [0, 0.1) is 5.92 Å². The van der Waals surface area contributed by atoms with Crippen molar-refractivity contribution >= 4 is 0 Å². The Hall–Kier alpha value is -0.0800. The quantitative estimate of drug-likeness (QED) is 0.605. The van der Waals surface area contributed by atoms with Gasteiger partial charge in [-0.05, 0) is 26.7 Å². The normalized spacial score (nSPS) is 32.0. The van der Waals surface area contributed by atoms with Gasteiger partial charge in [-0.25, -0.2) is 0 Å². The Morgan fingerprint density at radius 1 is 1.33 bits per heavy atom. The topological polar surface area (TPSA) is 24.7 Å². The molecule has 72 valence electrons. The fourth-order valence-electron chi connectivity index (χ4n) is 2.09.